The van der Waals surface area contributed by atoms with E-state index in [1.54, 1.807) is 6.20 Å². The molecule has 3 N–H and O–H groups in total. The lowest BCUT2D eigenvalue weighted by Crippen LogP contribution is -2.14. The number of hydrogen-bond donors (Lipinski definition) is 2. The van der Waals surface area contributed by atoms with Gasteiger partial charge in [-0.25, -0.2) is 0 Å². The van der Waals surface area contributed by atoms with Gasteiger partial charge in [0.05, 0.1) is 6.61 Å². The first-order chi connectivity index (χ1) is 6.63. The van der Waals surface area contributed by atoms with Crippen LogP contribution in [0.2, 0.25) is 0 Å². The van der Waals surface area contributed by atoms with Crippen molar-refractivity contribution >= 4 is 0 Å². The van der Waals surface area contributed by atoms with Gasteiger partial charge in [0, 0.05) is 24.5 Å². The van der Waals surface area contributed by atoms with Crippen LogP contribution in [-0.2, 0) is 6.54 Å². The second-order valence-electron chi connectivity index (χ2n) is 3.60. The predicted octanol–water partition coefficient (Wildman–Crippen LogP) is 0.868. The zero-order valence-corrected chi connectivity index (χ0v) is 8.54. The number of pyridine rings is 1. The summed E-state index contributed by atoms with van der Waals surface area (Å²) in [7, 11) is 0. The number of rotatable bonds is 4. The minimum absolute atomic E-state index is 0.121. The molecule has 0 atom stereocenters. The molecule has 0 bridgehead atoms. The lowest BCUT2D eigenvalue weighted by molar-refractivity contribution is 0.267. The first-order valence-corrected chi connectivity index (χ1v) is 4.68. The van der Waals surface area contributed by atoms with E-state index < -0.39 is 0 Å². The van der Waals surface area contributed by atoms with Crippen LogP contribution >= 0.6 is 0 Å². The number of H-pyrrole nitrogens is 1. The van der Waals surface area contributed by atoms with Crippen LogP contribution in [0.1, 0.15) is 19.5 Å². The van der Waals surface area contributed by atoms with Gasteiger partial charge in [0.1, 0.15) is 0 Å². The second-order valence-corrected chi connectivity index (χ2v) is 3.60. The van der Waals surface area contributed by atoms with Gasteiger partial charge < -0.3 is 15.5 Å². The highest BCUT2D eigenvalue weighted by molar-refractivity contribution is 5.20. The molecule has 0 spiro atoms. The summed E-state index contributed by atoms with van der Waals surface area (Å²) in [5, 5.41) is 0. The molecule has 0 aliphatic carbocycles. The average Bonchev–Trinajstić information content (AvgIpc) is 2.15. The summed E-state index contributed by atoms with van der Waals surface area (Å²) in [6.45, 7) is 4.94. The van der Waals surface area contributed by atoms with Crippen molar-refractivity contribution in [3.8, 4) is 5.75 Å². The van der Waals surface area contributed by atoms with Gasteiger partial charge in [0.25, 0.3) is 0 Å². The first kappa shape index (κ1) is 10.8. The Morgan fingerprint density at radius 2 is 2.29 bits per heavy atom. The molecule has 0 aliphatic rings. The Bertz CT molecular complexity index is 344. The monoisotopic (exact) mass is 196 g/mol. The van der Waals surface area contributed by atoms with E-state index in [1.165, 1.54) is 6.07 Å². The van der Waals surface area contributed by atoms with Crippen molar-refractivity contribution in [2.45, 2.75) is 20.4 Å². The highest BCUT2D eigenvalue weighted by Gasteiger charge is 2.02. The molecule has 1 rings (SSSR count). The van der Waals surface area contributed by atoms with Crippen molar-refractivity contribution < 1.29 is 4.74 Å². The van der Waals surface area contributed by atoms with Crippen LogP contribution in [0.25, 0.3) is 0 Å². The van der Waals surface area contributed by atoms with Crippen LogP contribution in [-0.4, -0.2) is 11.6 Å². The summed E-state index contributed by atoms with van der Waals surface area (Å²) in [6.07, 6.45) is 1.56. The van der Waals surface area contributed by atoms with Gasteiger partial charge in [0.2, 0.25) is 5.43 Å². The van der Waals surface area contributed by atoms with E-state index in [0.29, 0.717) is 30.5 Å². The number of aromatic amines is 1. The summed E-state index contributed by atoms with van der Waals surface area (Å²) in [4.78, 5) is 14.3. The molecule has 78 valence electrons. The van der Waals surface area contributed by atoms with Crippen LogP contribution in [0.3, 0.4) is 0 Å². The number of nitrogens with two attached hydrogens (primary N) is 1. The summed E-state index contributed by atoms with van der Waals surface area (Å²) in [5.74, 6) is 0.763. The van der Waals surface area contributed by atoms with Crippen molar-refractivity contribution in [2.24, 2.45) is 11.7 Å². The third-order valence-electron chi connectivity index (χ3n) is 1.73. The number of ether oxygens (including phenoxy) is 1. The van der Waals surface area contributed by atoms with Crippen molar-refractivity contribution in [1.29, 1.82) is 0 Å². The Balaban J connectivity index is 2.74. The van der Waals surface area contributed by atoms with E-state index in [1.807, 2.05) is 13.8 Å². The molecule has 0 radical (unpaired) electrons. The molecule has 1 heterocycles. The van der Waals surface area contributed by atoms with Gasteiger partial charge in [0.15, 0.2) is 5.75 Å². The quantitative estimate of drug-likeness (QED) is 0.750. The van der Waals surface area contributed by atoms with Crippen molar-refractivity contribution in [1.82, 2.24) is 4.98 Å². The topological polar surface area (TPSA) is 68.1 Å². The minimum atomic E-state index is -0.121. The fourth-order valence-corrected chi connectivity index (χ4v) is 0.988. The van der Waals surface area contributed by atoms with Crippen molar-refractivity contribution in [3.63, 3.8) is 0 Å². The van der Waals surface area contributed by atoms with E-state index in [9.17, 15) is 4.79 Å². The van der Waals surface area contributed by atoms with E-state index >= 15 is 0 Å². The zero-order valence-electron chi connectivity index (χ0n) is 8.54. The smallest absolute Gasteiger partial charge is 0.223 e. The van der Waals surface area contributed by atoms with Gasteiger partial charge >= 0.3 is 0 Å². The number of aromatic nitrogens is 1. The molecule has 0 unspecified atom stereocenters. The Hall–Kier alpha value is -1.29. The summed E-state index contributed by atoms with van der Waals surface area (Å²) >= 11 is 0. The van der Waals surface area contributed by atoms with Crippen LogP contribution in [0.4, 0.5) is 0 Å². The molecule has 0 aromatic carbocycles. The zero-order chi connectivity index (χ0) is 10.6. The third-order valence-corrected chi connectivity index (χ3v) is 1.73. The Morgan fingerprint density at radius 3 is 2.79 bits per heavy atom. The van der Waals surface area contributed by atoms with Gasteiger partial charge in [-0.05, 0) is 5.92 Å². The van der Waals surface area contributed by atoms with Crippen LogP contribution in [0.5, 0.6) is 5.75 Å². The first-order valence-electron chi connectivity index (χ1n) is 4.68. The highest BCUT2D eigenvalue weighted by Crippen LogP contribution is 2.03. The fourth-order valence-electron chi connectivity index (χ4n) is 0.988. The maximum atomic E-state index is 11.4. The molecule has 1 aromatic rings. The van der Waals surface area contributed by atoms with Crippen LogP contribution < -0.4 is 15.9 Å². The minimum Gasteiger partial charge on any atom is -0.488 e. The van der Waals surface area contributed by atoms with Gasteiger partial charge in [-0.2, -0.15) is 0 Å². The lowest BCUT2D eigenvalue weighted by Gasteiger charge is -2.07. The average molecular weight is 196 g/mol. The number of hydrogen-bond acceptors (Lipinski definition) is 3. The molecule has 0 aliphatic heterocycles. The lowest BCUT2D eigenvalue weighted by atomic mass is 10.2. The van der Waals surface area contributed by atoms with E-state index in [4.69, 9.17) is 10.5 Å². The maximum Gasteiger partial charge on any atom is 0.223 e. The van der Waals surface area contributed by atoms with Crippen LogP contribution in [0, 0.1) is 5.92 Å². The Kier molecular flexibility index (Phi) is 3.71. The molecule has 0 amide bonds. The molecule has 0 saturated carbocycles. The van der Waals surface area contributed by atoms with Crippen molar-refractivity contribution in [3.05, 3.63) is 28.2 Å². The molecular formula is C10H16N2O2. The van der Waals surface area contributed by atoms with Gasteiger partial charge in [-0.15, -0.1) is 0 Å². The SMILES string of the molecule is CC(C)COc1c[nH]c(CN)cc1=O. The molecular weight excluding hydrogens is 180 g/mol. The molecule has 4 nitrogen and oxygen atoms in total. The van der Waals surface area contributed by atoms with Crippen molar-refractivity contribution in [2.75, 3.05) is 6.61 Å². The third kappa shape index (κ3) is 2.88. The Labute approximate surface area is 83.1 Å². The molecule has 1 aromatic heterocycles. The molecule has 14 heavy (non-hydrogen) atoms. The normalized spacial score (nSPS) is 10.6. The molecule has 4 heteroatoms. The molecule has 0 saturated heterocycles. The summed E-state index contributed by atoms with van der Waals surface area (Å²) < 4.78 is 5.31. The summed E-state index contributed by atoms with van der Waals surface area (Å²) in [5.41, 5.74) is 5.97. The van der Waals surface area contributed by atoms with Crippen LogP contribution in [0.15, 0.2) is 17.1 Å². The highest BCUT2D eigenvalue weighted by atomic mass is 16.5. The maximum absolute atomic E-state index is 11.4. The van der Waals surface area contributed by atoms with E-state index in [2.05, 4.69) is 4.98 Å². The van der Waals surface area contributed by atoms with Gasteiger partial charge in [-0.1, -0.05) is 13.8 Å². The van der Waals surface area contributed by atoms with Gasteiger partial charge in [-0.3, -0.25) is 4.79 Å². The standard InChI is InChI=1S/C10H16N2O2/c1-7(2)6-14-10-5-12-8(4-11)3-9(10)13/h3,5,7H,4,6,11H2,1-2H3,(H,12,13). The van der Waals surface area contributed by atoms with E-state index in [-0.39, 0.29) is 5.43 Å². The van der Waals surface area contributed by atoms with E-state index in [0.717, 1.165) is 0 Å². The second kappa shape index (κ2) is 4.81. The Morgan fingerprint density at radius 1 is 1.57 bits per heavy atom. The summed E-state index contributed by atoms with van der Waals surface area (Å²) in [6, 6.07) is 1.47. The number of nitrogens with one attached hydrogen (secondary N) is 1. The largest absolute Gasteiger partial charge is 0.488 e. The predicted molar refractivity (Wildman–Crippen MR) is 55.3 cm³/mol. The fraction of sp³-hybridized carbons (Fsp3) is 0.500. The molecule has 0 fully saturated rings.